The third kappa shape index (κ3) is 6.51. The van der Waals surface area contributed by atoms with E-state index in [1.165, 1.54) is 18.9 Å². The van der Waals surface area contributed by atoms with Crippen LogP contribution in [0.4, 0.5) is 13.2 Å². The first kappa shape index (κ1) is 23.2. The van der Waals surface area contributed by atoms with Gasteiger partial charge in [0.2, 0.25) is 5.89 Å². The SMILES string of the molecule is COC(=O)CSCc1cccc(OCCc2nc(-c3cc(C(F)(F)F)cs3)oc2C)c1. The second-order valence-electron chi connectivity index (χ2n) is 6.53. The van der Waals surface area contributed by atoms with Gasteiger partial charge in [0.15, 0.2) is 0 Å². The van der Waals surface area contributed by atoms with Crippen LogP contribution in [0.25, 0.3) is 10.8 Å². The molecule has 0 aliphatic carbocycles. The highest BCUT2D eigenvalue weighted by atomic mass is 32.2. The van der Waals surface area contributed by atoms with E-state index < -0.39 is 11.7 Å². The number of hydrogen-bond donors (Lipinski definition) is 0. The van der Waals surface area contributed by atoms with Gasteiger partial charge in [0.05, 0.1) is 35.6 Å². The Morgan fingerprint density at radius 3 is 2.81 bits per heavy atom. The summed E-state index contributed by atoms with van der Waals surface area (Å²) in [4.78, 5) is 15.9. The van der Waals surface area contributed by atoms with Crippen molar-refractivity contribution in [3.05, 3.63) is 58.3 Å². The Morgan fingerprint density at radius 2 is 2.10 bits per heavy atom. The molecule has 166 valence electrons. The summed E-state index contributed by atoms with van der Waals surface area (Å²) in [7, 11) is 1.36. The highest BCUT2D eigenvalue weighted by Gasteiger charge is 2.32. The molecule has 0 unspecified atom stereocenters. The third-order valence-electron chi connectivity index (χ3n) is 4.25. The summed E-state index contributed by atoms with van der Waals surface area (Å²) in [6, 6.07) is 8.59. The van der Waals surface area contributed by atoms with Crippen LogP contribution in [0.5, 0.6) is 5.75 Å². The number of methoxy groups -OCH3 is 1. The molecular formula is C21H20F3NO4S2. The maximum absolute atomic E-state index is 12.8. The number of aryl methyl sites for hydroxylation is 1. The third-order valence-corrected chi connectivity index (χ3v) is 6.15. The molecule has 0 saturated carbocycles. The zero-order valence-electron chi connectivity index (χ0n) is 16.8. The fourth-order valence-electron chi connectivity index (χ4n) is 2.66. The minimum atomic E-state index is -4.39. The van der Waals surface area contributed by atoms with Crippen LogP contribution < -0.4 is 4.74 Å². The van der Waals surface area contributed by atoms with Gasteiger partial charge in [-0.2, -0.15) is 13.2 Å². The molecule has 2 aromatic heterocycles. The average molecular weight is 472 g/mol. The van der Waals surface area contributed by atoms with Gasteiger partial charge in [-0.1, -0.05) is 12.1 Å². The van der Waals surface area contributed by atoms with E-state index in [0.29, 0.717) is 40.9 Å². The van der Waals surface area contributed by atoms with E-state index in [0.717, 1.165) is 28.3 Å². The van der Waals surface area contributed by atoms with Crippen molar-refractivity contribution in [1.29, 1.82) is 0 Å². The molecule has 2 heterocycles. The van der Waals surface area contributed by atoms with Crippen LogP contribution in [0.2, 0.25) is 0 Å². The maximum Gasteiger partial charge on any atom is 0.417 e. The number of aromatic nitrogens is 1. The van der Waals surface area contributed by atoms with Crippen molar-refractivity contribution in [3.63, 3.8) is 0 Å². The number of alkyl halides is 3. The Labute approximate surface area is 185 Å². The van der Waals surface area contributed by atoms with Crippen LogP contribution in [-0.2, 0) is 27.9 Å². The number of carbonyl (C=O) groups is 1. The largest absolute Gasteiger partial charge is 0.493 e. The summed E-state index contributed by atoms with van der Waals surface area (Å²) >= 11 is 2.40. The molecule has 0 spiro atoms. The first-order chi connectivity index (χ1) is 14.8. The lowest BCUT2D eigenvalue weighted by atomic mass is 10.2. The van der Waals surface area contributed by atoms with Gasteiger partial charge in [-0.15, -0.1) is 23.1 Å². The van der Waals surface area contributed by atoms with Crippen molar-refractivity contribution in [2.45, 2.75) is 25.3 Å². The molecule has 3 rings (SSSR count). The zero-order chi connectivity index (χ0) is 22.4. The standard InChI is InChI=1S/C21H20F3NO4S2/c1-13-17(25-20(29-13)18-9-15(11-31-18)21(22,23)24)6-7-28-16-5-3-4-14(8-16)10-30-12-19(26)27-2/h3-5,8-9,11H,6-7,10,12H2,1-2H3. The van der Waals surface area contributed by atoms with Crippen molar-refractivity contribution < 1.29 is 31.9 Å². The van der Waals surface area contributed by atoms with E-state index in [1.54, 1.807) is 6.92 Å². The van der Waals surface area contributed by atoms with Crippen LogP contribution in [-0.4, -0.2) is 30.4 Å². The lowest BCUT2D eigenvalue weighted by Crippen LogP contribution is -2.04. The van der Waals surface area contributed by atoms with Gasteiger partial charge in [0.25, 0.3) is 0 Å². The second kappa shape index (κ2) is 10.2. The molecule has 0 fully saturated rings. The Balaban J connectivity index is 1.55. The van der Waals surface area contributed by atoms with Gasteiger partial charge >= 0.3 is 12.1 Å². The monoisotopic (exact) mass is 471 g/mol. The summed E-state index contributed by atoms with van der Waals surface area (Å²) in [6.07, 6.45) is -3.94. The number of esters is 1. The smallest absolute Gasteiger partial charge is 0.417 e. The first-order valence-corrected chi connectivity index (χ1v) is 11.3. The molecule has 0 saturated heterocycles. The number of halogens is 3. The number of rotatable bonds is 9. The van der Waals surface area contributed by atoms with Gasteiger partial charge < -0.3 is 13.9 Å². The summed E-state index contributed by atoms with van der Waals surface area (Å²) in [5.41, 5.74) is 0.948. The predicted octanol–water partition coefficient (Wildman–Crippen LogP) is 5.76. The summed E-state index contributed by atoms with van der Waals surface area (Å²) in [6.45, 7) is 2.06. The molecule has 0 bridgehead atoms. The Kier molecular flexibility index (Phi) is 7.66. The molecule has 10 heteroatoms. The van der Waals surface area contributed by atoms with E-state index in [9.17, 15) is 18.0 Å². The van der Waals surface area contributed by atoms with E-state index in [4.69, 9.17) is 9.15 Å². The number of ether oxygens (including phenoxy) is 2. The van der Waals surface area contributed by atoms with Crippen molar-refractivity contribution in [1.82, 2.24) is 4.98 Å². The van der Waals surface area contributed by atoms with Crippen molar-refractivity contribution in [3.8, 4) is 16.5 Å². The Hall–Kier alpha value is -2.46. The molecule has 1 aromatic carbocycles. The number of thiophene rings is 1. The summed E-state index contributed by atoms with van der Waals surface area (Å²) < 4.78 is 54.3. The molecule has 5 nitrogen and oxygen atoms in total. The van der Waals surface area contributed by atoms with Crippen molar-refractivity contribution >= 4 is 29.1 Å². The summed E-state index contributed by atoms with van der Waals surface area (Å²) in [5, 5.41) is 1.05. The minimum Gasteiger partial charge on any atom is -0.493 e. The number of hydrogen-bond acceptors (Lipinski definition) is 7. The number of thioether (sulfide) groups is 1. The number of oxazole rings is 1. The van der Waals surface area contributed by atoms with E-state index in [2.05, 4.69) is 9.72 Å². The molecule has 0 N–H and O–H groups in total. The number of benzene rings is 1. The van der Waals surface area contributed by atoms with Crippen LogP contribution in [0.1, 0.15) is 22.6 Å². The fourth-order valence-corrected chi connectivity index (χ4v) is 4.30. The van der Waals surface area contributed by atoms with E-state index >= 15 is 0 Å². The summed E-state index contributed by atoms with van der Waals surface area (Å²) in [5.74, 6) is 2.08. The quantitative estimate of drug-likeness (QED) is 0.370. The van der Waals surface area contributed by atoms with Gasteiger partial charge in [-0.25, -0.2) is 4.98 Å². The van der Waals surface area contributed by atoms with Crippen LogP contribution in [0.15, 0.2) is 40.1 Å². The molecule has 0 aliphatic heterocycles. The van der Waals surface area contributed by atoms with Crippen molar-refractivity contribution in [2.75, 3.05) is 19.5 Å². The number of carbonyl (C=O) groups excluding carboxylic acids is 1. The normalized spacial score (nSPS) is 11.5. The van der Waals surface area contributed by atoms with Crippen molar-refractivity contribution in [2.24, 2.45) is 0 Å². The molecule has 0 amide bonds. The molecule has 0 aliphatic rings. The average Bonchev–Trinajstić information content (AvgIpc) is 3.35. The minimum absolute atomic E-state index is 0.178. The highest BCUT2D eigenvalue weighted by molar-refractivity contribution is 7.99. The topological polar surface area (TPSA) is 61.6 Å². The lowest BCUT2D eigenvalue weighted by Gasteiger charge is -2.07. The second-order valence-corrected chi connectivity index (χ2v) is 8.43. The van der Waals surface area contributed by atoms with Crippen LogP contribution >= 0.6 is 23.1 Å². The highest BCUT2D eigenvalue weighted by Crippen LogP contribution is 2.36. The maximum atomic E-state index is 12.8. The zero-order valence-corrected chi connectivity index (χ0v) is 18.5. The molecule has 3 aromatic rings. The van der Waals surface area contributed by atoms with Crippen LogP contribution in [0.3, 0.4) is 0 Å². The van der Waals surface area contributed by atoms with Gasteiger partial charge in [-0.3, -0.25) is 4.79 Å². The predicted molar refractivity (Wildman–Crippen MR) is 113 cm³/mol. The molecular weight excluding hydrogens is 451 g/mol. The molecule has 0 atom stereocenters. The van der Waals surface area contributed by atoms with Gasteiger partial charge in [0, 0.05) is 17.6 Å². The fraction of sp³-hybridized carbons (Fsp3) is 0.333. The molecule has 31 heavy (non-hydrogen) atoms. The van der Waals surface area contributed by atoms with E-state index in [-0.39, 0.29) is 17.6 Å². The Morgan fingerprint density at radius 1 is 1.29 bits per heavy atom. The van der Waals surface area contributed by atoms with Gasteiger partial charge in [-0.05, 0) is 30.7 Å². The Bertz CT molecular complexity index is 1030. The van der Waals surface area contributed by atoms with Crippen LogP contribution in [0, 0.1) is 6.92 Å². The first-order valence-electron chi connectivity index (χ1n) is 9.25. The van der Waals surface area contributed by atoms with Gasteiger partial charge in [0.1, 0.15) is 11.5 Å². The lowest BCUT2D eigenvalue weighted by molar-refractivity contribution is -0.138. The van der Waals surface area contributed by atoms with E-state index in [1.807, 2.05) is 24.3 Å². The molecule has 0 radical (unpaired) electrons. The number of nitrogens with zero attached hydrogens (tertiary/aromatic N) is 1.